The second-order valence-electron chi connectivity index (χ2n) is 4.88. The zero-order chi connectivity index (χ0) is 12.1. The van der Waals surface area contributed by atoms with E-state index in [2.05, 4.69) is 41.2 Å². The van der Waals surface area contributed by atoms with Crippen LogP contribution in [0.15, 0.2) is 24.5 Å². The maximum absolute atomic E-state index is 4.06. The molecule has 1 aliphatic heterocycles. The Morgan fingerprint density at radius 3 is 2.59 bits per heavy atom. The average molecular weight is 233 g/mol. The molecule has 17 heavy (non-hydrogen) atoms. The van der Waals surface area contributed by atoms with E-state index in [-0.39, 0.29) is 0 Å². The van der Waals surface area contributed by atoms with Crippen molar-refractivity contribution in [2.24, 2.45) is 0 Å². The summed E-state index contributed by atoms with van der Waals surface area (Å²) >= 11 is 0. The molecule has 3 heteroatoms. The summed E-state index contributed by atoms with van der Waals surface area (Å²) in [5.74, 6) is 0. The van der Waals surface area contributed by atoms with E-state index in [0.717, 1.165) is 0 Å². The van der Waals surface area contributed by atoms with Crippen LogP contribution in [0.5, 0.6) is 0 Å². The lowest BCUT2D eigenvalue weighted by atomic mass is 10.0. The summed E-state index contributed by atoms with van der Waals surface area (Å²) in [5, 5.41) is 3.73. The average Bonchev–Trinajstić information content (AvgIpc) is 2.40. The number of hydrogen-bond acceptors (Lipinski definition) is 3. The number of pyridine rings is 1. The molecule has 0 bridgehead atoms. The number of likely N-dealkylation sites (tertiary alicyclic amines) is 1. The fourth-order valence-corrected chi connectivity index (χ4v) is 2.52. The Morgan fingerprint density at radius 1 is 1.35 bits per heavy atom. The minimum absolute atomic E-state index is 0.427. The van der Waals surface area contributed by atoms with Gasteiger partial charge in [0.25, 0.3) is 0 Å². The van der Waals surface area contributed by atoms with Gasteiger partial charge in [0.2, 0.25) is 0 Å². The highest BCUT2D eigenvalue weighted by Gasteiger charge is 2.19. The van der Waals surface area contributed by atoms with E-state index < -0.39 is 0 Å². The standard InChI is InChI=1S/C14H23N3/c1-3-17-10-6-14(7-11-17)16-12(2)13-4-8-15-9-5-13/h4-5,8-9,12,14,16H,3,6-7,10-11H2,1-2H3. The van der Waals surface area contributed by atoms with E-state index in [4.69, 9.17) is 0 Å². The van der Waals surface area contributed by atoms with Gasteiger partial charge in [-0.25, -0.2) is 0 Å². The molecule has 0 spiro atoms. The maximum Gasteiger partial charge on any atom is 0.0295 e. The van der Waals surface area contributed by atoms with Crippen molar-refractivity contribution in [1.82, 2.24) is 15.2 Å². The van der Waals surface area contributed by atoms with Crippen LogP contribution < -0.4 is 5.32 Å². The second kappa shape index (κ2) is 6.12. The van der Waals surface area contributed by atoms with E-state index in [1.807, 2.05) is 12.4 Å². The molecule has 0 aliphatic carbocycles. The predicted octanol–water partition coefficient (Wildman–Crippen LogP) is 2.22. The molecule has 1 saturated heterocycles. The number of nitrogens with zero attached hydrogens (tertiary/aromatic N) is 2. The van der Waals surface area contributed by atoms with E-state index in [1.54, 1.807) is 0 Å². The first-order chi connectivity index (χ1) is 8.29. The molecule has 3 nitrogen and oxygen atoms in total. The van der Waals surface area contributed by atoms with Gasteiger partial charge in [-0.1, -0.05) is 6.92 Å². The fraction of sp³-hybridized carbons (Fsp3) is 0.643. The number of aromatic nitrogens is 1. The Kier molecular flexibility index (Phi) is 4.51. The molecule has 1 unspecified atom stereocenters. The predicted molar refractivity (Wildman–Crippen MR) is 70.9 cm³/mol. The topological polar surface area (TPSA) is 28.2 Å². The molecule has 0 radical (unpaired) electrons. The molecule has 1 atom stereocenters. The lowest BCUT2D eigenvalue weighted by molar-refractivity contribution is 0.200. The minimum Gasteiger partial charge on any atom is -0.307 e. The zero-order valence-corrected chi connectivity index (χ0v) is 10.9. The summed E-state index contributed by atoms with van der Waals surface area (Å²) in [6.45, 7) is 8.13. The van der Waals surface area contributed by atoms with Crippen molar-refractivity contribution in [2.45, 2.75) is 38.8 Å². The zero-order valence-electron chi connectivity index (χ0n) is 10.9. The minimum atomic E-state index is 0.427. The SMILES string of the molecule is CCN1CCC(NC(C)c2ccncc2)CC1. The fourth-order valence-electron chi connectivity index (χ4n) is 2.52. The van der Waals surface area contributed by atoms with Gasteiger partial charge in [0.15, 0.2) is 0 Å². The van der Waals surface area contributed by atoms with Gasteiger partial charge < -0.3 is 10.2 Å². The molecule has 1 aliphatic rings. The van der Waals surface area contributed by atoms with Crippen molar-refractivity contribution in [3.05, 3.63) is 30.1 Å². The summed E-state index contributed by atoms with van der Waals surface area (Å²) < 4.78 is 0. The molecular weight excluding hydrogens is 210 g/mol. The van der Waals surface area contributed by atoms with Crippen LogP contribution in [0.3, 0.4) is 0 Å². The third-order valence-electron chi connectivity index (χ3n) is 3.73. The smallest absolute Gasteiger partial charge is 0.0295 e. The Morgan fingerprint density at radius 2 is 2.00 bits per heavy atom. The Bertz CT molecular complexity index is 317. The first-order valence-electron chi connectivity index (χ1n) is 6.68. The van der Waals surface area contributed by atoms with E-state index in [1.165, 1.54) is 38.0 Å². The number of rotatable bonds is 4. The van der Waals surface area contributed by atoms with Gasteiger partial charge in [0, 0.05) is 24.5 Å². The van der Waals surface area contributed by atoms with Gasteiger partial charge in [-0.15, -0.1) is 0 Å². The van der Waals surface area contributed by atoms with Crippen molar-refractivity contribution in [1.29, 1.82) is 0 Å². The van der Waals surface area contributed by atoms with Gasteiger partial charge in [0.05, 0.1) is 0 Å². The molecule has 0 amide bonds. The Labute approximate surface area is 104 Å². The van der Waals surface area contributed by atoms with Gasteiger partial charge >= 0.3 is 0 Å². The molecular formula is C14H23N3. The summed E-state index contributed by atoms with van der Waals surface area (Å²) in [6.07, 6.45) is 6.27. The van der Waals surface area contributed by atoms with Crippen LogP contribution in [0.4, 0.5) is 0 Å². The summed E-state index contributed by atoms with van der Waals surface area (Å²) in [6, 6.07) is 5.29. The Hall–Kier alpha value is -0.930. The number of piperidine rings is 1. The molecule has 1 fully saturated rings. The third-order valence-corrected chi connectivity index (χ3v) is 3.73. The van der Waals surface area contributed by atoms with E-state index >= 15 is 0 Å². The third kappa shape index (κ3) is 3.51. The van der Waals surface area contributed by atoms with E-state index in [9.17, 15) is 0 Å². The van der Waals surface area contributed by atoms with Crippen molar-refractivity contribution in [3.63, 3.8) is 0 Å². The van der Waals surface area contributed by atoms with Gasteiger partial charge in [0.1, 0.15) is 0 Å². The molecule has 1 aromatic heterocycles. The molecule has 1 aromatic rings. The summed E-state index contributed by atoms with van der Waals surface area (Å²) in [7, 11) is 0. The molecule has 0 aromatic carbocycles. The van der Waals surface area contributed by atoms with Gasteiger partial charge in [-0.3, -0.25) is 4.98 Å². The number of nitrogens with one attached hydrogen (secondary N) is 1. The highest BCUT2D eigenvalue weighted by atomic mass is 15.1. The molecule has 0 saturated carbocycles. The highest BCUT2D eigenvalue weighted by molar-refractivity contribution is 5.14. The van der Waals surface area contributed by atoms with E-state index in [0.29, 0.717) is 12.1 Å². The lowest BCUT2D eigenvalue weighted by Crippen LogP contribution is -2.43. The van der Waals surface area contributed by atoms with Crippen molar-refractivity contribution < 1.29 is 0 Å². The monoisotopic (exact) mass is 233 g/mol. The first-order valence-corrected chi connectivity index (χ1v) is 6.68. The van der Waals surface area contributed by atoms with Crippen LogP contribution in [0.2, 0.25) is 0 Å². The summed E-state index contributed by atoms with van der Waals surface area (Å²) in [4.78, 5) is 6.58. The second-order valence-corrected chi connectivity index (χ2v) is 4.88. The Balaban J connectivity index is 1.82. The summed E-state index contributed by atoms with van der Waals surface area (Å²) in [5.41, 5.74) is 1.33. The lowest BCUT2D eigenvalue weighted by Gasteiger charge is -2.33. The van der Waals surface area contributed by atoms with Crippen LogP contribution in [0, 0.1) is 0 Å². The normalized spacial score (nSPS) is 20.4. The van der Waals surface area contributed by atoms with Gasteiger partial charge in [-0.2, -0.15) is 0 Å². The quantitative estimate of drug-likeness (QED) is 0.864. The first kappa shape index (κ1) is 12.5. The highest BCUT2D eigenvalue weighted by Crippen LogP contribution is 2.16. The van der Waals surface area contributed by atoms with Crippen molar-refractivity contribution in [2.75, 3.05) is 19.6 Å². The molecule has 1 N–H and O–H groups in total. The van der Waals surface area contributed by atoms with Crippen molar-refractivity contribution in [3.8, 4) is 0 Å². The number of hydrogen-bond donors (Lipinski definition) is 1. The van der Waals surface area contributed by atoms with Crippen molar-refractivity contribution >= 4 is 0 Å². The largest absolute Gasteiger partial charge is 0.307 e. The molecule has 94 valence electrons. The van der Waals surface area contributed by atoms with Crippen LogP contribution >= 0.6 is 0 Å². The van der Waals surface area contributed by atoms with Gasteiger partial charge in [-0.05, 0) is 57.1 Å². The van der Waals surface area contributed by atoms with Crippen LogP contribution in [0.1, 0.15) is 38.3 Å². The molecule has 2 rings (SSSR count). The maximum atomic E-state index is 4.06. The molecule has 2 heterocycles. The van der Waals surface area contributed by atoms with Crippen LogP contribution in [-0.2, 0) is 0 Å². The van der Waals surface area contributed by atoms with Crippen LogP contribution in [0.25, 0.3) is 0 Å². The van der Waals surface area contributed by atoms with Crippen LogP contribution in [-0.4, -0.2) is 35.6 Å².